The molecule has 1 aliphatic carbocycles. The van der Waals surface area contributed by atoms with Gasteiger partial charge in [0.15, 0.2) is 0 Å². The second-order valence-electron chi connectivity index (χ2n) is 6.91. The van der Waals surface area contributed by atoms with Gasteiger partial charge in [-0.25, -0.2) is 9.37 Å². The van der Waals surface area contributed by atoms with E-state index >= 15 is 0 Å². The molecule has 1 aromatic heterocycles. The van der Waals surface area contributed by atoms with Gasteiger partial charge < -0.3 is 9.47 Å². The fourth-order valence-electron chi connectivity index (χ4n) is 3.84. The highest BCUT2D eigenvalue weighted by Gasteiger charge is 2.25. The number of benzene rings is 1. The number of terminal acetylenes is 1. The molecule has 134 valence electrons. The molecule has 0 amide bonds. The summed E-state index contributed by atoms with van der Waals surface area (Å²) in [5.74, 6) is 3.00. The third kappa shape index (κ3) is 3.32. The lowest BCUT2D eigenvalue weighted by Crippen LogP contribution is -2.18. The molecule has 2 aromatic rings. The molecule has 2 aliphatic rings. The molecule has 0 bridgehead atoms. The van der Waals surface area contributed by atoms with Crippen LogP contribution < -0.4 is 4.74 Å². The molecule has 0 spiro atoms. The van der Waals surface area contributed by atoms with E-state index in [9.17, 15) is 4.39 Å². The van der Waals surface area contributed by atoms with E-state index in [-0.39, 0.29) is 11.9 Å². The highest BCUT2D eigenvalue weighted by atomic mass is 19.1. The lowest BCUT2D eigenvalue weighted by molar-refractivity contribution is 0.137. The number of pyridine rings is 1. The Morgan fingerprint density at radius 2 is 2.12 bits per heavy atom. The molecule has 3 nitrogen and oxygen atoms in total. The predicted octanol–water partition coefficient (Wildman–Crippen LogP) is 4.31. The molecule has 0 unspecified atom stereocenters. The van der Waals surface area contributed by atoms with Crippen molar-refractivity contribution in [3.63, 3.8) is 0 Å². The molecule has 1 aromatic carbocycles. The summed E-state index contributed by atoms with van der Waals surface area (Å²) in [4.78, 5) is 4.80. The van der Waals surface area contributed by atoms with Crippen LogP contribution in [0, 0.1) is 18.2 Å². The Morgan fingerprint density at radius 1 is 1.23 bits per heavy atom. The van der Waals surface area contributed by atoms with E-state index in [0.29, 0.717) is 24.7 Å². The van der Waals surface area contributed by atoms with E-state index in [0.717, 1.165) is 60.9 Å². The fourth-order valence-corrected chi connectivity index (χ4v) is 3.84. The van der Waals surface area contributed by atoms with Crippen molar-refractivity contribution in [2.24, 2.45) is 0 Å². The van der Waals surface area contributed by atoms with Gasteiger partial charge in [-0.05, 0) is 48.9 Å². The van der Waals surface area contributed by atoms with Gasteiger partial charge in [0.25, 0.3) is 0 Å². The largest absolute Gasteiger partial charge is 0.471 e. The quantitative estimate of drug-likeness (QED) is 0.610. The minimum Gasteiger partial charge on any atom is -0.471 e. The highest BCUT2D eigenvalue weighted by Crippen LogP contribution is 2.37. The third-order valence-electron chi connectivity index (χ3n) is 5.11. The molecule has 1 atom stereocenters. The van der Waals surface area contributed by atoms with Crippen LogP contribution in [0.25, 0.3) is 11.1 Å². The Morgan fingerprint density at radius 3 is 2.88 bits per heavy atom. The molecule has 1 aliphatic heterocycles. The fraction of sp³-hybridized carbons (Fsp3) is 0.409. The van der Waals surface area contributed by atoms with Crippen LogP contribution in [0.3, 0.4) is 0 Å². The van der Waals surface area contributed by atoms with Gasteiger partial charge in [-0.2, -0.15) is 0 Å². The van der Waals surface area contributed by atoms with Gasteiger partial charge in [0.05, 0.1) is 18.8 Å². The number of hydrogen-bond acceptors (Lipinski definition) is 3. The zero-order valence-corrected chi connectivity index (χ0v) is 14.8. The average Bonchev–Trinajstić information content (AvgIpc) is 3.04. The maximum atomic E-state index is 13.9. The molecule has 1 saturated heterocycles. The molecular formula is C22H22FNO2. The summed E-state index contributed by atoms with van der Waals surface area (Å²) in [6, 6.07) is 6.63. The summed E-state index contributed by atoms with van der Waals surface area (Å²) in [5.41, 5.74) is 4.52. The van der Waals surface area contributed by atoms with E-state index in [1.54, 1.807) is 12.1 Å². The summed E-state index contributed by atoms with van der Waals surface area (Å²) < 4.78 is 25.5. The van der Waals surface area contributed by atoms with Crippen LogP contribution in [0.4, 0.5) is 4.39 Å². The molecule has 2 heterocycles. The molecule has 26 heavy (non-hydrogen) atoms. The van der Waals surface area contributed by atoms with Gasteiger partial charge in [-0.1, -0.05) is 24.5 Å². The van der Waals surface area contributed by atoms with Gasteiger partial charge >= 0.3 is 0 Å². The van der Waals surface area contributed by atoms with Crippen LogP contribution in [0.1, 0.15) is 42.5 Å². The van der Waals surface area contributed by atoms with Crippen molar-refractivity contribution in [3.8, 4) is 29.4 Å². The van der Waals surface area contributed by atoms with Crippen molar-refractivity contribution in [2.45, 2.75) is 44.6 Å². The van der Waals surface area contributed by atoms with E-state index in [1.807, 2.05) is 6.07 Å². The second kappa shape index (κ2) is 7.47. The Hall–Kier alpha value is -2.38. The average molecular weight is 351 g/mol. The Bertz CT molecular complexity index is 850. The normalized spacial score (nSPS) is 19.5. The summed E-state index contributed by atoms with van der Waals surface area (Å²) in [6.45, 7) is 1.25. The molecular weight excluding hydrogens is 329 g/mol. The first-order valence-electron chi connectivity index (χ1n) is 9.29. The highest BCUT2D eigenvalue weighted by molar-refractivity contribution is 5.77. The van der Waals surface area contributed by atoms with Crippen LogP contribution in [0.5, 0.6) is 5.88 Å². The summed E-state index contributed by atoms with van der Waals surface area (Å²) in [6.07, 6.45) is 11.9. The van der Waals surface area contributed by atoms with Crippen LogP contribution in [-0.4, -0.2) is 24.3 Å². The Balaban J connectivity index is 1.89. The van der Waals surface area contributed by atoms with Crippen molar-refractivity contribution >= 4 is 0 Å². The number of halogens is 1. The van der Waals surface area contributed by atoms with Gasteiger partial charge in [-0.3, -0.25) is 0 Å². The molecule has 0 radical (unpaired) electrons. The molecule has 4 rings (SSSR count). The van der Waals surface area contributed by atoms with Crippen molar-refractivity contribution in [1.82, 2.24) is 4.98 Å². The minimum atomic E-state index is -0.267. The lowest BCUT2D eigenvalue weighted by Gasteiger charge is -2.20. The maximum Gasteiger partial charge on any atom is 0.230 e. The predicted molar refractivity (Wildman–Crippen MR) is 98.7 cm³/mol. The third-order valence-corrected chi connectivity index (χ3v) is 5.11. The van der Waals surface area contributed by atoms with Crippen molar-refractivity contribution in [1.29, 1.82) is 0 Å². The monoisotopic (exact) mass is 351 g/mol. The number of aromatic nitrogens is 1. The summed E-state index contributed by atoms with van der Waals surface area (Å²) in [5, 5.41) is 0. The van der Waals surface area contributed by atoms with Crippen LogP contribution in [-0.2, 0) is 17.6 Å². The SMILES string of the molecule is C#Cc1c(O[C@H]2CCOC2)nc2c(c1-c1cccc(F)c1)CCCCC2. The number of aryl methyl sites for hydroxylation is 1. The minimum absolute atomic E-state index is 0.0289. The maximum absolute atomic E-state index is 13.9. The van der Waals surface area contributed by atoms with Crippen LogP contribution in [0.2, 0.25) is 0 Å². The van der Waals surface area contributed by atoms with Crippen molar-refractivity contribution < 1.29 is 13.9 Å². The standard InChI is InChI=1S/C22H22FNO2/c1-2-18-21(15-7-6-8-16(23)13-15)19-9-4-3-5-10-20(19)24-22(18)26-17-11-12-25-14-17/h1,6-8,13,17H,3-5,9-12,14H2/t17-/m0/s1. The van der Waals surface area contributed by atoms with Gasteiger partial charge in [0.2, 0.25) is 5.88 Å². The summed E-state index contributed by atoms with van der Waals surface area (Å²) in [7, 11) is 0. The van der Waals surface area contributed by atoms with E-state index < -0.39 is 0 Å². The number of hydrogen-bond donors (Lipinski definition) is 0. The molecule has 4 heteroatoms. The number of nitrogens with zero attached hydrogens (tertiary/aromatic N) is 1. The number of rotatable bonds is 3. The van der Waals surface area contributed by atoms with E-state index in [2.05, 4.69) is 5.92 Å². The molecule has 0 N–H and O–H groups in total. The van der Waals surface area contributed by atoms with Crippen LogP contribution >= 0.6 is 0 Å². The Kier molecular flexibility index (Phi) is 4.90. The first-order chi connectivity index (χ1) is 12.8. The zero-order chi connectivity index (χ0) is 17.9. The smallest absolute Gasteiger partial charge is 0.230 e. The van der Waals surface area contributed by atoms with E-state index in [1.165, 1.54) is 6.07 Å². The molecule has 0 saturated carbocycles. The topological polar surface area (TPSA) is 31.4 Å². The number of ether oxygens (including phenoxy) is 2. The zero-order valence-electron chi connectivity index (χ0n) is 14.8. The van der Waals surface area contributed by atoms with E-state index in [4.69, 9.17) is 20.9 Å². The second-order valence-corrected chi connectivity index (χ2v) is 6.91. The molecule has 1 fully saturated rings. The lowest BCUT2D eigenvalue weighted by atomic mass is 9.91. The first kappa shape index (κ1) is 17.1. The van der Waals surface area contributed by atoms with Crippen LogP contribution in [0.15, 0.2) is 24.3 Å². The van der Waals surface area contributed by atoms with Crippen molar-refractivity contribution in [3.05, 3.63) is 46.9 Å². The van der Waals surface area contributed by atoms with Gasteiger partial charge in [0, 0.05) is 17.7 Å². The van der Waals surface area contributed by atoms with Gasteiger partial charge in [-0.15, -0.1) is 6.42 Å². The number of fused-ring (bicyclic) bond motifs is 1. The Labute approximate surface area is 153 Å². The first-order valence-corrected chi connectivity index (χ1v) is 9.29. The van der Waals surface area contributed by atoms with Gasteiger partial charge in [0.1, 0.15) is 11.9 Å². The van der Waals surface area contributed by atoms with Crippen molar-refractivity contribution in [2.75, 3.05) is 13.2 Å². The summed E-state index contributed by atoms with van der Waals surface area (Å²) >= 11 is 0.